The van der Waals surface area contributed by atoms with Gasteiger partial charge in [0.05, 0.1) is 6.04 Å². The number of hydrogen-bond acceptors (Lipinski definition) is 1. The zero-order chi connectivity index (χ0) is 13.3. The normalized spacial score (nSPS) is 12.4. The van der Waals surface area contributed by atoms with E-state index in [1.807, 2.05) is 0 Å². The fraction of sp³-hybridized carbons (Fsp3) is 0.154. The van der Waals surface area contributed by atoms with Crippen LogP contribution in [-0.4, -0.2) is 15.6 Å². The topological polar surface area (TPSA) is 42.2 Å². The monoisotopic (exact) mass is 311 g/mol. The van der Waals surface area contributed by atoms with E-state index in [-0.39, 0.29) is 17.6 Å². The molecule has 3 nitrogen and oxygen atoms in total. The molecule has 1 heterocycles. The molecule has 1 atom stereocenters. The molecule has 0 saturated carbocycles. The Kier molecular flexibility index (Phi) is 3.52. The van der Waals surface area contributed by atoms with Gasteiger partial charge in [-0.05, 0) is 35.0 Å². The lowest BCUT2D eigenvalue weighted by atomic mass is 10.1. The molecule has 1 aromatic heterocycles. The van der Waals surface area contributed by atoms with E-state index in [2.05, 4.69) is 15.9 Å². The van der Waals surface area contributed by atoms with Gasteiger partial charge in [0.2, 0.25) is 0 Å². The van der Waals surface area contributed by atoms with Crippen molar-refractivity contribution >= 4 is 21.9 Å². The number of nitrogens with zero attached hydrogens (tertiary/aromatic N) is 1. The molecule has 0 spiro atoms. The van der Waals surface area contributed by atoms with Gasteiger partial charge in [0.1, 0.15) is 11.5 Å². The third kappa shape index (κ3) is 2.31. The Bertz CT molecular complexity index is 594. The Hall–Kier alpha value is -1.62. The van der Waals surface area contributed by atoms with Gasteiger partial charge in [-0.25, -0.2) is 9.18 Å². The average molecular weight is 312 g/mol. The van der Waals surface area contributed by atoms with Gasteiger partial charge < -0.3 is 9.67 Å². The largest absolute Gasteiger partial charge is 0.477 e. The highest BCUT2D eigenvalue weighted by Gasteiger charge is 2.19. The van der Waals surface area contributed by atoms with Crippen molar-refractivity contribution in [3.63, 3.8) is 0 Å². The Morgan fingerprint density at radius 3 is 2.72 bits per heavy atom. The molecule has 0 aliphatic rings. The third-order valence-electron chi connectivity index (χ3n) is 2.81. The van der Waals surface area contributed by atoms with E-state index < -0.39 is 5.97 Å². The van der Waals surface area contributed by atoms with Crippen LogP contribution in [0.15, 0.2) is 41.0 Å². The van der Waals surface area contributed by atoms with Gasteiger partial charge in [0, 0.05) is 16.2 Å². The SMILES string of the molecule is CC(c1ccccc1F)n1cc(Br)cc1C(=O)O. The summed E-state index contributed by atoms with van der Waals surface area (Å²) in [5, 5.41) is 9.11. The molecule has 5 heteroatoms. The molecule has 2 rings (SSSR count). The number of carbonyl (C=O) groups is 1. The molecular weight excluding hydrogens is 301 g/mol. The second-order valence-electron chi connectivity index (χ2n) is 3.95. The van der Waals surface area contributed by atoms with Crippen molar-refractivity contribution in [2.75, 3.05) is 0 Å². The van der Waals surface area contributed by atoms with Crippen molar-refractivity contribution in [3.05, 3.63) is 58.1 Å². The fourth-order valence-electron chi connectivity index (χ4n) is 1.90. The first-order valence-corrected chi connectivity index (χ1v) is 6.15. The number of benzene rings is 1. The van der Waals surface area contributed by atoms with Crippen molar-refractivity contribution in [1.82, 2.24) is 4.57 Å². The quantitative estimate of drug-likeness (QED) is 0.939. The molecule has 0 bridgehead atoms. The summed E-state index contributed by atoms with van der Waals surface area (Å²) < 4.78 is 15.9. The van der Waals surface area contributed by atoms with E-state index in [9.17, 15) is 9.18 Å². The molecule has 0 saturated heterocycles. The molecule has 0 aliphatic carbocycles. The summed E-state index contributed by atoms with van der Waals surface area (Å²) in [6.07, 6.45) is 1.64. The van der Waals surface area contributed by atoms with Crippen LogP contribution in [0.4, 0.5) is 4.39 Å². The maximum absolute atomic E-state index is 13.7. The summed E-state index contributed by atoms with van der Waals surface area (Å²) >= 11 is 3.23. The van der Waals surface area contributed by atoms with Crippen LogP contribution >= 0.6 is 15.9 Å². The second-order valence-corrected chi connectivity index (χ2v) is 4.87. The van der Waals surface area contributed by atoms with E-state index in [4.69, 9.17) is 5.11 Å². The molecule has 94 valence electrons. The highest BCUT2D eigenvalue weighted by Crippen LogP contribution is 2.26. The van der Waals surface area contributed by atoms with Gasteiger partial charge in [0.15, 0.2) is 0 Å². The first kappa shape index (κ1) is 12.8. The summed E-state index contributed by atoms with van der Waals surface area (Å²) in [5.74, 6) is -1.38. The Morgan fingerprint density at radius 2 is 2.11 bits per heavy atom. The molecule has 18 heavy (non-hydrogen) atoms. The van der Waals surface area contributed by atoms with Crippen molar-refractivity contribution in [2.24, 2.45) is 0 Å². The minimum atomic E-state index is -1.04. The van der Waals surface area contributed by atoms with E-state index in [0.29, 0.717) is 10.0 Å². The number of carboxylic acid groups (broad SMARTS) is 1. The predicted octanol–water partition coefficient (Wildman–Crippen LogP) is 3.70. The Morgan fingerprint density at radius 1 is 1.44 bits per heavy atom. The molecule has 0 radical (unpaired) electrons. The van der Waals surface area contributed by atoms with Crippen LogP contribution in [0.25, 0.3) is 0 Å². The maximum atomic E-state index is 13.7. The zero-order valence-electron chi connectivity index (χ0n) is 9.60. The number of carboxylic acids is 1. The van der Waals surface area contributed by atoms with E-state index in [1.165, 1.54) is 16.7 Å². The summed E-state index contributed by atoms with van der Waals surface area (Å²) in [6.45, 7) is 1.76. The lowest BCUT2D eigenvalue weighted by molar-refractivity contribution is 0.0684. The summed E-state index contributed by atoms with van der Waals surface area (Å²) in [4.78, 5) is 11.1. The summed E-state index contributed by atoms with van der Waals surface area (Å²) in [6, 6.07) is 7.47. The number of rotatable bonds is 3. The van der Waals surface area contributed by atoms with Crippen LogP contribution in [0.1, 0.15) is 29.0 Å². The van der Waals surface area contributed by atoms with Gasteiger partial charge in [-0.2, -0.15) is 0 Å². The zero-order valence-corrected chi connectivity index (χ0v) is 11.2. The van der Waals surface area contributed by atoms with Crippen LogP contribution in [0.2, 0.25) is 0 Å². The number of aromatic nitrogens is 1. The smallest absolute Gasteiger partial charge is 0.352 e. The standard InChI is InChI=1S/C13H11BrFNO2/c1-8(10-4-2-3-5-11(10)15)16-7-9(14)6-12(16)13(17)18/h2-8H,1H3,(H,17,18). The number of hydrogen-bond donors (Lipinski definition) is 1. The molecule has 0 aliphatic heterocycles. The summed E-state index contributed by atoms with van der Waals surface area (Å²) in [7, 11) is 0. The van der Waals surface area contributed by atoms with Crippen molar-refractivity contribution in [1.29, 1.82) is 0 Å². The first-order chi connectivity index (χ1) is 8.50. The second kappa shape index (κ2) is 4.94. The van der Waals surface area contributed by atoms with Crippen molar-refractivity contribution < 1.29 is 14.3 Å². The van der Waals surface area contributed by atoms with Crippen LogP contribution in [0.5, 0.6) is 0 Å². The van der Waals surface area contributed by atoms with Crippen molar-refractivity contribution in [3.8, 4) is 0 Å². The van der Waals surface area contributed by atoms with Crippen LogP contribution in [-0.2, 0) is 0 Å². The molecule has 0 amide bonds. The van der Waals surface area contributed by atoms with Gasteiger partial charge in [-0.15, -0.1) is 0 Å². The Labute approximate surface area is 112 Å². The van der Waals surface area contributed by atoms with Crippen molar-refractivity contribution in [2.45, 2.75) is 13.0 Å². The molecule has 2 aromatic rings. The molecular formula is C13H11BrFNO2. The minimum Gasteiger partial charge on any atom is -0.477 e. The van der Waals surface area contributed by atoms with Gasteiger partial charge in [0.25, 0.3) is 0 Å². The van der Waals surface area contributed by atoms with Crippen LogP contribution in [0.3, 0.4) is 0 Å². The highest BCUT2D eigenvalue weighted by molar-refractivity contribution is 9.10. The molecule has 1 N–H and O–H groups in total. The van der Waals surface area contributed by atoms with Gasteiger partial charge in [-0.1, -0.05) is 18.2 Å². The van der Waals surface area contributed by atoms with Gasteiger partial charge in [-0.3, -0.25) is 0 Å². The van der Waals surface area contributed by atoms with Crippen LogP contribution in [0, 0.1) is 5.82 Å². The fourth-order valence-corrected chi connectivity index (χ4v) is 2.34. The lowest BCUT2D eigenvalue weighted by Crippen LogP contribution is -2.13. The van der Waals surface area contributed by atoms with E-state index >= 15 is 0 Å². The first-order valence-electron chi connectivity index (χ1n) is 5.36. The molecule has 1 unspecified atom stereocenters. The average Bonchev–Trinajstić information content (AvgIpc) is 2.71. The maximum Gasteiger partial charge on any atom is 0.352 e. The lowest BCUT2D eigenvalue weighted by Gasteiger charge is -2.16. The Balaban J connectivity index is 2.49. The highest BCUT2D eigenvalue weighted by atomic mass is 79.9. The molecule has 1 aromatic carbocycles. The number of aromatic carboxylic acids is 1. The minimum absolute atomic E-state index is 0.123. The third-order valence-corrected chi connectivity index (χ3v) is 3.24. The van der Waals surface area contributed by atoms with Gasteiger partial charge >= 0.3 is 5.97 Å². The van der Waals surface area contributed by atoms with E-state index in [0.717, 1.165) is 0 Å². The predicted molar refractivity (Wildman–Crippen MR) is 69.3 cm³/mol. The van der Waals surface area contributed by atoms with E-state index in [1.54, 1.807) is 31.3 Å². The summed E-state index contributed by atoms with van der Waals surface area (Å²) in [5.41, 5.74) is 0.584. The molecule has 0 fully saturated rings. The van der Waals surface area contributed by atoms with Crippen LogP contribution < -0.4 is 0 Å². The number of halogens is 2.